The Kier molecular flexibility index (Phi) is 6.91. The fourth-order valence-electron chi connectivity index (χ4n) is 3.97. The van der Waals surface area contributed by atoms with Gasteiger partial charge in [0.15, 0.2) is 0 Å². The fraction of sp³-hybridized carbons (Fsp3) is 0.409. The van der Waals surface area contributed by atoms with Crippen LogP contribution in [-0.2, 0) is 26.1 Å². The van der Waals surface area contributed by atoms with Crippen LogP contribution in [0.3, 0.4) is 0 Å². The molecule has 33 heavy (non-hydrogen) atoms. The van der Waals surface area contributed by atoms with Crippen LogP contribution < -0.4 is 10.1 Å². The number of nitrogens with one attached hydrogen (secondary N) is 1. The molecule has 1 aliphatic rings. The zero-order valence-corrected chi connectivity index (χ0v) is 19.4. The fourth-order valence-corrected chi connectivity index (χ4v) is 5.65. The lowest BCUT2D eigenvalue weighted by atomic mass is 10.0. The summed E-state index contributed by atoms with van der Waals surface area (Å²) in [5.41, 5.74) is 1.75. The number of ether oxygens (including phenoxy) is 2. The van der Waals surface area contributed by atoms with Gasteiger partial charge >= 0.3 is 0 Å². The van der Waals surface area contributed by atoms with Gasteiger partial charge in [0.2, 0.25) is 15.9 Å². The molecule has 0 unspecified atom stereocenters. The Morgan fingerprint density at radius 1 is 1.18 bits per heavy atom. The number of sulfonamides is 1. The summed E-state index contributed by atoms with van der Waals surface area (Å²) in [7, 11) is -0.769. The lowest BCUT2D eigenvalue weighted by Crippen LogP contribution is -2.49. The number of benzene rings is 2. The summed E-state index contributed by atoms with van der Waals surface area (Å²) in [6.07, 6.45) is 1.91. The Labute approximate surface area is 192 Å². The number of methoxy groups -OCH3 is 2. The maximum absolute atomic E-state index is 13.5. The topological polar surface area (TPSA) is 116 Å². The monoisotopic (exact) mass is 473 g/mol. The van der Waals surface area contributed by atoms with Crippen molar-refractivity contribution in [3.05, 3.63) is 42.5 Å². The highest BCUT2D eigenvalue weighted by Crippen LogP contribution is 2.28. The molecule has 176 valence electrons. The van der Waals surface area contributed by atoms with Crippen LogP contribution in [0.5, 0.6) is 5.75 Å². The molecule has 1 amide bonds. The smallest absolute Gasteiger partial charge is 0.243 e. The van der Waals surface area contributed by atoms with Crippen LogP contribution in [0.15, 0.2) is 47.4 Å². The molecule has 1 aromatic heterocycles. The van der Waals surface area contributed by atoms with Gasteiger partial charge in [0.05, 0.1) is 30.7 Å². The van der Waals surface area contributed by atoms with Crippen LogP contribution in [0.4, 0.5) is 5.69 Å². The first-order chi connectivity index (χ1) is 15.9. The Bertz CT molecular complexity index is 1240. The minimum Gasteiger partial charge on any atom is -0.497 e. The van der Waals surface area contributed by atoms with E-state index in [1.165, 1.54) is 16.4 Å². The van der Waals surface area contributed by atoms with Crippen molar-refractivity contribution in [2.45, 2.75) is 36.7 Å². The largest absolute Gasteiger partial charge is 0.497 e. The first-order valence-electron chi connectivity index (χ1n) is 10.7. The van der Waals surface area contributed by atoms with Crippen molar-refractivity contribution in [2.75, 3.05) is 32.7 Å². The number of rotatable bonds is 8. The van der Waals surface area contributed by atoms with Crippen LogP contribution in [0.1, 0.15) is 19.3 Å². The van der Waals surface area contributed by atoms with Crippen molar-refractivity contribution in [2.24, 2.45) is 0 Å². The zero-order valence-electron chi connectivity index (χ0n) is 18.6. The van der Waals surface area contributed by atoms with E-state index in [4.69, 9.17) is 9.47 Å². The van der Waals surface area contributed by atoms with Crippen LogP contribution in [-0.4, -0.2) is 67.0 Å². The molecule has 0 spiro atoms. The van der Waals surface area contributed by atoms with Crippen molar-refractivity contribution >= 4 is 32.7 Å². The van der Waals surface area contributed by atoms with Gasteiger partial charge in [-0.05, 0) is 43.2 Å². The van der Waals surface area contributed by atoms with Gasteiger partial charge in [-0.15, -0.1) is 5.10 Å². The second-order valence-corrected chi connectivity index (χ2v) is 9.70. The molecular formula is C22H27N5O5S. The molecular weight excluding hydrogens is 446 g/mol. The third-order valence-electron chi connectivity index (χ3n) is 5.69. The van der Waals surface area contributed by atoms with E-state index >= 15 is 0 Å². The van der Waals surface area contributed by atoms with E-state index < -0.39 is 16.1 Å². The van der Waals surface area contributed by atoms with Gasteiger partial charge in [0.1, 0.15) is 17.3 Å². The normalized spacial score (nSPS) is 17.2. The highest BCUT2D eigenvalue weighted by Gasteiger charge is 2.38. The third-order valence-corrected chi connectivity index (χ3v) is 7.60. The maximum atomic E-state index is 13.5. The van der Waals surface area contributed by atoms with Gasteiger partial charge in [-0.2, -0.15) is 4.31 Å². The molecule has 1 aliphatic heterocycles. The minimum atomic E-state index is -3.91. The number of carbonyl (C=O) groups is 1. The molecule has 10 nitrogen and oxygen atoms in total. The Balaban J connectivity index is 1.59. The molecule has 1 fully saturated rings. The number of anilines is 1. The summed E-state index contributed by atoms with van der Waals surface area (Å²) in [6.45, 7) is 1.26. The number of hydrogen-bond acceptors (Lipinski definition) is 7. The molecule has 0 radical (unpaired) electrons. The van der Waals surface area contributed by atoms with E-state index in [0.717, 1.165) is 11.9 Å². The number of amides is 1. The maximum Gasteiger partial charge on any atom is 0.243 e. The molecule has 2 heterocycles. The summed E-state index contributed by atoms with van der Waals surface area (Å²) in [5.74, 6) is 0.242. The Morgan fingerprint density at radius 3 is 2.82 bits per heavy atom. The van der Waals surface area contributed by atoms with Crippen molar-refractivity contribution < 1.29 is 22.7 Å². The summed E-state index contributed by atoms with van der Waals surface area (Å²) < 4.78 is 40.3. The predicted molar refractivity (Wildman–Crippen MR) is 123 cm³/mol. The number of nitrogens with zero attached hydrogens (tertiary/aromatic N) is 4. The summed E-state index contributed by atoms with van der Waals surface area (Å²) in [5, 5.41) is 11.0. The van der Waals surface area contributed by atoms with E-state index in [9.17, 15) is 13.2 Å². The van der Waals surface area contributed by atoms with Gasteiger partial charge in [-0.1, -0.05) is 17.7 Å². The molecule has 11 heteroatoms. The van der Waals surface area contributed by atoms with Crippen molar-refractivity contribution in [3.8, 4) is 5.75 Å². The molecule has 4 rings (SSSR count). The second kappa shape index (κ2) is 9.86. The van der Waals surface area contributed by atoms with Crippen molar-refractivity contribution in [1.82, 2.24) is 19.3 Å². The average molecular weight is 474 g/mol. The Morgan fingerprint density at radius 2 is 2.03 bits per heavy atom. The molecule has 3 aromatic rings. The summed E-state index contributed by atoms with van der Waals surface area (Å²) >= 11 is 0. The average Bonchev–Trinajstić information content (AvgIpc) is 3.25. The lowest BCUT2D eigenvalue weighted by molar-refractivity contribution is -0.120. The first kappa shape index (κ1) is 23.1. The van der Waals surface area contributed by atoms with Crippen LogP contribution >= 0.6 is 0 Å². The molecule has 0 bridgehead atoms. The molecule has 1 saturated heterocycles. The van der Waals surface area contributed by atoms with Crippen molar-refractivity contribution in [1.29, 1.82) is 0 Å². The number of hydrogen-bond donors (Lipinski definition) is 1. The number of carbonyl (C=O) groups excluding carboxylic acids is 1. The van der Waals surface area contributed by atoms with Gasteiger partial charge < -0.3 is 14.8 Å². The molecule has 2 aromatic carbocycles. The zero-order chi connectivity index (χ0) is 23.4. The highest BCUT2D eigenvalue weighted by atomic mass is 32.2. The van der Waals surface area contributed by atoms with Gasteiger partial charge in [-0.25, -0.2) is 13.1 Å². The lowest BCUT2D eigenvalue weighted by Gasteiger charge is -2.33. The molecule has 1 atom stereocenters. The minimum absolute atomic E-state index is 0.0925. The second-order valence-electron chi connectivity index (χ2n) is 7.80. The van der Waals surface area contributed by atoms with Crippen LogP contribution in [0.2, 0.25) is 0 Å². The van der Waals surface area contributed by atoms with E-state index in [1.807, 2.05) is 0 Å². The number of aromatic nitrogens is 3. The third kappa shape index (κ3) is 4.85. The summed E-state index contributed by atoms with van der Waals surface area (Å²) in [4.78, 5) is 13.2. The molecule has 0 saturated carbocycles. The van der Waals surface area contributed by atoms with Gasteiger partial charge in [0.25, 0.3) is 0 Å². The van der Waals surface area contributed by atoms with E-state index in [-0.39, 0.29) is 17.3 Å². The van der Waals surface area contributed by atoms with E-state index in [1.54, 1.807) is 49.2 Å². The molecule has 1 N–H and O–H groups in total. The quantitative estimate of drug-likeness (QED) is 0.534. The summed E-state index contributed by atoms with van der Waals surface area (Å²) in [6, 6.07) is 10.9. The Hall–Kier alpha value is -3.02. The van der Waals surface area contributed by atoms with Gasteiger partial charge in [-0.3, -0.25) is 4.79 Å². The van der Waals surface area contributed by atoms with Crippen LogP contribution in [0.25, 0.3) is 11.0 Å². The van der Waals surface area contributed by atoms with E-state index in [0.29, 0.717) is 42.9 Å². The number of piperidine rings is 1. The first-order valence-corrected chi connectivity index (χ1v) is 12.2. The SMILES string of the molecule is COCCn1nnc2cc(S(=O)(=O)N3CCCC[C@H]3C(=O)Nc3cccc(OC)c3)ccc21. The van der Waals surface area contributed by atoms with Crippen molar-refractivity contribution in [3.63, 3.8) is 0 Å². The van der Waals surface area contributed by atoms with E-state index in [2.05, 4.69) is 15.6 Å². The van der Waals surface area contributed by atoms with Crippen LogP contribution in [0, 0.1) is 0 Å². The standard InChI is InChI=1S/C22H27N5O5S/c1-31-13-12-26-20-10-9-18(15-19(20)24-25-26)33(29,30)27-11-4-3-8-21(27)22(28)23-16-6-5-7-17(14-16)32-2/h5-7,9-10,14-15,21H,3-4,8,11-13H2,1-2H3,(H,23,28)/t21-/m0/s1. The molecule has 0 aliphatic carbocycles. The predicted octanol–water partition coefficient (Wildman–Crippen LogP) is 2.27. The number of fused-ring (bicyclic) bond motifs is 1. The van der Waals surface area contributed by atoms with Gasteiger partial charge in [0, 0.05) is 25.4 Å². The highest BCUT2D eigenvalue weighted by molar-refractivity contribution is 7.89.